The third kappa shape index (κ3) is 5.41. The van der Waals surface area contributed by atoms with Gasteiger partial charge in [0.2, 0.25) is 5.91 Å². The maximum Gasteiger partial charge on any atom is 0.245 e. The van der Waals surface area contributed by atoms with E-state index >= 15 is 0 Å². The third-order valence-electron chi connectivity index (χ3n) is 2.86. The molecule has 1 aromatic carbocycles. The van der Waals surface area contributed by atoms with Crippen molar-refractivity contribution in [2.75, 3.05) is 13.2 Å². The highest BCUT2D eigenvalue weighted by Gasteiger charge is 2.23. The average molecular weight is 300 g/mol. The fourth-order valence-electron chi connectivity index (χ4n) is 1.72. The number of allylic oxidation sites excluding steroid dienone is 1. The van der Waals surface area contributed by atoms with Gasteiger partial charge in [-0.05, 0) is 37.1 Å². The Morgan fingerprint density at radius 3 is 2.55 bits per heavy atom. The van der Waals surface area contributed by atoms with Crippen LogP contribution in [-0.2, 0) is 9.59 Å². The summed E-state index contributed by atoms with van der Waals surface area (Å²) in [5, 5.41) is 11.5. The van der Waals surface area contributed by atoms with E-state index in [1.807, 2.05) is 13.8 Å². The van der Waals surface area contributed by atoms with Gasteiger partial charge in [0.25, 0.3) is 0 Å². The van der Waals surface area contributed by atoms with Crippen LogP contribution >= 0.6 is 0 Å². The number of amides is 1. The van der Waals surface area contributed by atoms with Crippen LogP contribution in [0.1, 0.15) is 25.8 Å². The zero-order valence-electron chi connectivity index (χ0n) is 12.8. The Morgan fingerprint density at radius 2 is 2.00 bits per heavy atom. The zero-order chi connectivity index (χ0) is 16.4. The minimum Gasteiger partial charge on any atom is -0.494 e. The van der Waals surface area contributed by atoms with Gasteiger partial charge in [0.15, 0.2) is 11.7 Å². The molecule has 0 fully saturated rings. The number of hydrogen-bond donors (Lipinski definition) is 1. The van der Waals surface area contributed by atoms with Crippen LogP contribution in [-0.4, -0.2) is 24.8 Å². The Bertz CT molecular complexity index is 571. The second-order valence-corrected chi connectivity index (χ2v) is 4.59. The van der Waals surface area contributed by atoms with Gasteiger partial charge < -0.3 is 10.1 Å². The van der Waals surface area contributed by atoms with Gasteiger partial charge in [-0.1, -0.05) is 25.1 Å². The fourth-order valence-corrected chi connectivity index (χ4v) is 1.72. The van der Waals surface area contributed by atoms with Crippen LogP contribution in [0.2, 0.25) is 0 Å². The number of ether oxygens (including phenoxy) is 1. The summed E-state index contributed by atoms with van der Waals surface area (Å²) in [7, 11) is 0. The first kappa shape index (κ1) is 17.4. The first-order valence-corrected chi connectivity index (χ1v) is 7.24. The highest BCUT2D eigenvalue weighted by Crippen LogP contribution is 2.13. The summed E-state index contributed by atoms with van der Waals surface area (Å²) < 4.78 is 5.32. The summed E-state index contributed by atoms with van der Waals surface area (Å²) in [6, 6.07) is 8.93. The van der Waals surface area contributed by atoms with Crippen LogP contribution in [0.15, 0.2) is 30.3 Å². The molecule has 0 spiro atoms. The minimum absolute atomic E-state index is 0.451. The molecule has 0 aliphatic rings. The van der Waals surface area contributed by atoms with E-state index in [0.717, 1.165) is 17.7 Å². The lowest BCUT2D eigenvalue weighted by Crippen LogP contribution is -2.34. The Morgan fingerprint density at radius 1 is 1.32 bits per heavy atom. The molecule has 0 radical (unpaired) electrons. The molecule has 0 bridgehead atoms. The van der Waals surface area contributed by atoms with E-state index in [4.69, 9.17) is 10.00 Å². The fraction of sp³-hybridized carbons (Fsp3) is 0.353. The summed E-state index contributed by atoms with van der Waals surface area (Å²) in [4.78, 5) is 23.6. The van der Waals surface area contributed by atoms with Crippen molar-refractivity contribution < 1.29 is 14.3 Å². The molecular formula is C17H20N2O3. The van der Waals surface area contributed by atoms with E-state index in [0.29, 0.717) is 13.2 Å². The molecule has 0 saturated carbocycles. The molecule has 0 heterocycles. The summed E-state index contributed by atoms with van der Waals surface area (Å²) in [6.07, 6.45) is 3.59. The largest absolute Gasteiger partial charge is 0.494 e. The highest BCUT2D eigenvalue weighted by atomic mass is 16.5. The van der Waals surface area contributed by atoms with Gasteiger partial charge in [-0.15, -0.1) is 0 Å². The van der Waals surface area contributed by atoms with Crippen molar-refractivity contribution in [1.82, 2.24) is 5.32 Å². The van der Waals surface area contributed by atoms with Crippen molar-refractivity contribution >= 4 is 17.8 Å². The van der Waals surface area contributed by atoms with Gasteiger partial charge in [-0.2, -0.15) is 5.26 Å². The van der Waals surface area contributed by atoms with Crippen LogP contribution in [0.25, 0.3) is 6.08 Å². The zero-order valence-corrected chi connectivity index (χ0v) is 12.8. The molecule has 1 amide bonds. The van der Waals surface area contributed by atoms with Gasteiger partial charge in [-0.25, -0.2) is 0 Å². The lowest BCUT2D eigenvalue weighted by atomic mass is 10.0. The van der Waals surface area contributed by atoms with Crippen molar-refractivity contribution in [2.24, 2.45) is 5.92 Å². The molecule has 1 rings (SSSR count). The average Bonchev–Trinajstić information content (AvgIpc) is 2.53. The number of nitrogens with one attached hydrogen (secondary N) is 1. The molecule has 1 atom stereocenters. The van der Waals surface area contributed by atoms with Crippen LogP contribution < -0.4 is 10.1 Å². The molecule has 22 heavy (non-hydrogen) atoms. The summed E-state index contributed by atoms with van der Waals surface area (Å²) in [6.45, 7) is 4.84. The molecule has 0 aliphatic carbocycles. The predicted octanol–water partition coefficient (Wildman–Crippen LogP) is 2.33. The maximum absolute atomic E-state index is 11.9. The first-order valence-electron chi connectivity index (χ1n) is 7.24. The molecule has 0 saturated heterocycles. The molecule has 0 aliphatic heterocycles. The van der Waals surface area contributed by atoms with E-state index in [9.17, 15) is 9.59 Å². The van der Waals surface area contributed by atoms with Crippen LogP contribution in [0.3, 0.4) is 0 Å². The normalized spacial score (nSPS) is 11.7. The number of carbonyl (C=O) groups excluding carboxylic acids is 2. The molecule has 116 valence electrons. The standard InChI is InChI=1S/C17H20N2O3/c1-3-11-19-17(21)15(12-18)16(20)10-7-13-5-8-14(9-6-13)22-4-2/h5-10,15H,3-4,11H2,1-2H3,(H,19,21)/b10-7+. The smallest absolute Gasteiger partial charge is 0.245 e. The van der Waals surface area contributed by atoms with Crippen molar-refractivity contribution in [3.05, 3.63) is 35.9 Å². The third-order valence-corrected chi connectivity index (χ3v) is 2.86. The highest BCUT2D eigenvalue weighted by molar-refractivity contribution is 6.10. The Kier molecular flexibility index (Phi) is 7.41. The molecule has 0 aromatic heterocycles. The van der Waals surface area contributed by atoms with Crippen molar-refractivity contribution in [3.63, 3.8) is 0 Å². The molecular weight excluding hydrogens is 280 g/mol. The van der Waals surface area contributed by atoms with Crippen LogP contribution in [0.5, 0.6) is 5.75 Å². The van der Waals surface area contributed by atoms with E-state index in [-0.39, 0.29) is 0 Å². The van der Waals surface area contributed by atoms with E-state index < -0.39 is 17.6 Å². The molecule has 1 N–H and O–H groups in total. The SMILES string of the molecule is CCCNC(=O)C(C#N)C(=O)/C=C/c1ccc(OCC)cc1. The lowest BCUT2D eigenvalue weighted by molar-refractivity contribution is -0.129. The number of rotatable bonds is 8. The Hall–Kier alpha value is -2.61. The summed E-state index contributed by atoms with van der Waals surface area (Å²) in [5.41, 5.74) is 0.794. The predicted molar refractivity (Wildman–Crippen MR) is 84.1 cm³/mol. The molecule has 5 heteroatoms. The minimum atomic E-state index is -1.30. The quantitative estimate of drug-likeness (QED) is 0.590. The van der Waals surface area contributed by atoms with Crippen molar-refractivity contribution in [1.29, 1.82) is 5.26 Å². The van der Waals surface area contributed by atoms with Crippen molar-refractivity contribution in [2.45, 2.75) is 20.3 Å². The number of carbonyl (C=O) groups is 2. The lowest BCUT2D eigenvalue weighted by Gasteiger charge is -2.06. The van der Waals surface area contributed by atoms with Gasteiger partial charge in [0.1, 0.15) is 5.75 Å². The number of nitrogens with zero attached hydrogens (tertiary/aromatic N) is 1. The van der Waals surface area contributed by atoms with Gasteiger partial charge in [0, 0.05) is 6.54 Å². The molecule has 5 nitrogen and oxygen atoms in total. The second kappa shape index (κ2) is 9.35. The second-order valence-electron chi connectivity index (χ2n) is 4.59. The van der Waals surface area contributed by atoms with E-state index in [2.05, 4.69) is 5.32 Å². The number of benzene rings is 1. The van der Waals surface area contributed by atoms with Gasteiger partial charge in [-0.3, -0.25) is 9.59 Å². The topological polar surface area (TPSA) is 79.2 Å². The molecule has 1 aromatic rings. The monoisotopic (exact) mass is 300 g/mol. The van der Waals surface area contributed by atoms with Gasteiger partial charge >= 0.3 is 0 Å². The Balaban J connectivity index is 2.69. The van der Waals surface area contributed by atoms with Gasteiger partial charge in [0.05, 0.1) is 12.7 Å². The van der Waals surface area contributed by atoms with Crippen molar-refractivity contribution in [3.8, 4) is 11.8 Å². The Labute approximate surface area is 130 Å². The van der Waals surface area contributed by atoms with E-state index in [1.165, 1.54) is 6.08 Å². The molecule has 1 unspecified atom stereocenters. The number of ketones is 1. The van der Waals surface area contributed by atoms with E-state index in [1.54, 1.807) is 36.4 Å². The summed E-state index contributed by atoms with van der Waals surface area (Å²) in [5.74, 6) is -1.62. The number of nitriles is 1. The van der Waals surface area contributed by atoms with Crippen LogP contribution in [0.4, 0.5) is 0 Å². The summed E-state index contributed by atoms with van der Waals surface area (Å²) >= 11 is 0. The number of hydrogen-bond acceptors (Lipinski definition) is 4. The maximum atomic E-state index is 11.9. The van der Waals surface area contributed by atoms with Crippen LogP contribution in [0, 0.1) is 17.2 Å². The first-order chi connectivity index (χ1) is 10.6.